The zero-order valence-corrected chi connectivity index (χ0v) is 17.5. The van der Waals surface area contributed by atoms with E-state index in [4.69, 9.17) is 0 Å². The molecule has 0 atom stereocenters. The second-order valence-corrected chi connectivity index (χ2v) is 8.51. The molecular weight excluding hydrogens is 400 g/mol. The molecule has 0 saturated carbocycles. The minimum absolute atomic E-state index is 0.669. The Balaban J connectivity index is 1.25. The van der Waals surface area contributed by atoms with Crippen molar-refractivity contribution in [3.63, 3.8) is 0 Å². The van der Waals surface area contributed by atoms with Crippen molar-refractivity contribution in [2.45, 2.75) is 38.6 Å². The molecule has 0 radical (unpaired) electrons. The predicted octanol–water partition coefficient (Wildman–Crippen LogP) is 4.44. The Hall–Kier alpha value is -1.85. The number of halogens is 1. The average Bonchev–Trinajstić information content (AvgIpc) is 2.69. The first kappa shape index (κ1) is 18.5. The third-order valence-electron chi connectivity index (χ3n) is 5.66. The van der Waals surface area contributed by atoms with Gasteiger partial charge in [-0.15, -0.1) is 0 Å². The third-order valence-corrected chi connectivity index (χ3v) is 6.16. The van der Waals surface area contributed by atoms with Crippen molar-refractivity contribution in [1.29, 1.82) is 0 Å². The molecule has 1 N–H and O–H groups in total. The van der Waals surface area contributed by atoms with E-state index in [0.29, 0.717) is 5.92 Å². The highest BCUT2D eigenvalue weighted by molar-refractivity contribution is 9.10. The minimum atomic E-state index is 0.669. The molecule has 27 heavy (non-hydrogen) atoms. The maximum atomic E-state index is 4.64. The van der Waals surface area contributed by atoms with Crippen molar-refractivity contribution in [2.75, 3.05) is 19.6 Å². The summed E-state index contributed by atoms with van der Waals surface area (Å²) < 4.78 is 1.15. The van der Waals surface area contributed by atoms with Gasteiger partial charge in [0, 0.05) is 30.7 Å². The standard InChI is InChI=1S/C22H27BrN4/c1-17-2-4-18(5-3-17)20-8-11-26(12-9-20)24-16-25-27-13-10-19-6-7-22(23)14-21(19)15-27/h2-7,14,16,20H,8-13,15H2,1H3,(H,24,25). The topological polar surface area (TPSA) is 30.9 Å². The highest BCUT2D eigenvalue weighted by atomic mass is 79.9. The fourth-order valence-electron chi connectivity index (χ4n) is 3.98. The van der Waals surface area contributed by atoms with Crippen LogP contribution in [0.5, 0.6) is 0 Å². The van der Waals surface area contributed by atoms with E-state index < -0.39 is 0 Å². The van der Waals surface area contributed by atoms with Gasteiger partial charge in [0.15, 0.2) is 0 Å². The molecule has 1 fully saturated rings. The van der Waals surface area contributed by atoms with E-state index in [0.717, 1.165) is 37.1 Å². The second kappa shape index (κ2) is 8.44. The van der Waals surface area contributed by atoms with E-state index in [2.05, 4.69) is 85.9 Å². The van der Waals surface area contributed by atoms with Crippen LogP contribution in [0.3, 0.4) is 0 Å². The summed E-state index contributed by atoms with van der Waals surface area (Å²) in [4.78, 5) is 0. The van der Waals surface area contributed by atoms with Crippen LogP contribution >= 0.6 is 15.9 Å². The SMILES string of the molecule is Cc1ccc(C2CCN(/N=C\NN3CCc4ccc(Br)cc4C3)CC2)cc1. The molecule has 0 bridgehead atoms. The summed E-state index contributed by atoms with van der Waals surface area (Å²) >= 11 is 3.57. The number of rotatable bonds is 4. The number of hydrogen-bond acceptors (Lipinski definition) is 3. The first-order valence-electron chi connectivity index (χ1n) is 9.80. The molecule has 2 aliphatic heterocycles. The summed E-state index contributed by atoms with van der Waals surface area (Å²) in [5.41, 5.74) is 9.00. The van der Waals surface area contributed by atoms with Crippen LogP contribution in [0.15, 0.2) is 52.0 Å². The zero-order valence-electron chi connectivity index (χ0n) is 15.9. The molecule has 1 saturated heterocycles. The second-order valence-electron chi connectivity index (χ2n) is 7.60. The van der Waals surface area contributed by atoms with Crippen LogP contribution in [0.25, 0.3) is 0 Å². The summed E-state index contributed by atoms with van der Waals surface area (Å²) in [5, 5.41) is 9.06. The smallest absolute Gasteiger partial charge is 0.123 e. The van der Waals surface area contributed by atoms with Gasteiger partial charge >= 0.3 is 0 Å². The van der Waals surface area contributed by atoms with Gasteiger partial charge in [-0.1, -0.05) is 51.8 Å². The van der Waals surface area contributed by atoms with Crippen molar-refractivity contribution in [3.05, 3.63) is 69.2 Å². The molecule has 0 aromatic heterocycles. The molecule has 0 spiro atoms. The van der Waals surface area contributed by atoms with Gasteiger partial charge in [-0.25, -0.2) is 5.01 Å². The van der Waals surface area contributed by atoms with Crippen LogP contribution in [-0.4, -0.2) is 36.0 Å². The van der Waals surface area contributed by atoms with Gasteiger partial charge in [0.25, 0.3) is 0 Å². The molecule has 4 nitrogen and oxygen atoms in total. The Morgan fingerprint density at radius 1 is 1.04 bits per heavy atom. The number of nitrogens with one attached hydrogen (secondary N) is 1. The molecule has 0 aliphatic carbocycles. The lowest BCUT2D eigenvalue weighted by Crippen LogP contribution is -2.41. The highest BCUT2D eigenvalue weighted by Crippen LogP contribution is 2.28. The van der Waals surface area contributed by atoms with Crippen LogP contribution in [0.2, 0.25) is 0 Å². The maximum Gasteiger partial charge on any atom is 0.123 e. The highest BCUT2D eigenvalue weighted by Gasteiger charge is 2.19. The summed E-state index contributed by atoms with van der Waals surface area (Å²) in [5.74, 6) is 0.669. The quantitative estimate of drug-likeness (QED) is 0.578. The number of hydrogen-bond donors (Lipinski definition) is 1. The number of piperidine rings is 1. The minimum Gasteiger partial charge on any atom is -0.307 e. The summed E-state index contributed by atoms with van der Waals surface area (Å²) in [6.45, 7) is 6.11. The van der Waals surface area contributed by atoms with Crippen molar-refractivity contribution in [2.24, 2.45) is 5.10 Å². The van der Waals surface area contributed by atoms with E-state index >= 15 is 0 Å². The third kappa shape index (κ3) is 4.71. The van der Waals surface area contributed by atoms with E-state index in [-0.39, 0.29) is 0 Å². The van der Waals surface area contributed by atoms with Crippen LogP contribution < -0.4 is 5.43 Å². The number of hydrazone groups is 1. The number of nitrogens with zero attached hydrogens (tertiary/aromatic N) is 3. The fraction of sp³-hybridized carbons (Fsp3) is 0.409. The van der Waals surface area contributed by atoms with E-state index in [1.165, 1.54) is 35.1 Å². The molecule has 2 aromatic carbocycles. The van der Waals surface area contributed by atoms with Crippen molar-refractivity contribution in [1.82, 2.24) is 15.4 Å². The Morgan fingerprint density at radius 3 is 2.59 bits per heavy atom. The van der Waals surface area contributed by atoms with Gasteiger partial charge in [-0.3, -0.25) is 5.01 Å². The van der Waals surface area contributed by atoms with Gasteiger partial charge in [-0.2, -0.15) is 5.10 Å². The van der Waals surface area contributed by atoms with Crippen molar-refractivity contribution < 1.29 is 0 Å². The van der Waals surface area contributed by atoms with Crippen LogP contribution in [0.1, 0.15) is 41.0 Å². The Kier molecular flexibility index (Phi) is 5.79. The molecule has 0 unspecified atom stereocenters. The Morgan fingerprint density at radius 2 is 1.81 bits per heavy atom. The van der Waals surface area contributed by atoms with Crippen molar-refractivity contribution >= 4 is 22.3 Å². The molecule has 142 valence electrons. The number of hydrazine groups is 1. The zero-order chi connectivity index (χ0) is 18.6. The fourth-order valence-corrected chi connectivity index (χ4v) is 4.39. The van der Waals surface area contributed by atoms with E-state index in [1.54, 1.807) is 0 Å². The molecule has 0 amide bonds. The Labute approximate surface area is 170 Å². The lowest BCUT2D eigenvalue weighted by Gasteiger charge is -2.31. The molecule has 2 heterocycles. The monoisotopic (exact) mass is 426 g/mol. The van der Waals surface area contributed by atoms with Crippen molar-refractivity contribution in [3.8, 4) is 0 Å². The van der Waals surface area contributed by atoms with Gasteiger partial charge in [-0.05, 0) is 60.9 Å². The van der Waals surface area contributed by atoms with Crippen LogP contribution in [0.4, 0.5) is 0 Å². The molecular formula is C22H27BrN4. The first-order chi connectivity index (χ1) is 13.2. The first-order valence-corrected chi connectivity index (χ1v) is 10.6. The maximum absolute atomic E-state index is 4.64. The average molecular weight is 427 g/mol. The van der Waals surface area contributed by atoms with Gasteiger partial charge in [0.1, 0.15) is 6.34 Å². The number of fused-ring (bicyclic) bond motifs is 1. The van der Waals surface area contributed by atoms with Gasteiger partial charge in [0.05, 0.1) is 0 Å². The molecule has 2 aromatic rings. The van der Waals surface area contributed by atoms with Gasteiger partial charge < -0.3 is 5.43 Å². The van der Waals surface area contributed by atoms with Crippen LogP contribution in [0, 0.1) is 6.92 Å². The Bertz CT molecular complexity index is 794. The van der Waals surface area contributed by atoms with E-state index in [9.17, 15) is 0 Å². The largest absolute Gasteiger partial charge is 0.307 e. The molecule has 5 heteroatoms. The number of aryl methyl sites for hydroxylation is 1. The normalized spacial score (nSPS) is 18.7. The molecule has 2 aliphatic rings. The molecule has 4 rings (SSSR count). The number of benzene rings is 2. The lowest BCUT2D eigenvalue weighted by atomic mass is 9.89. The van der Waals surface area contributed by atoms with E-state index in [1.807, 2.05) is 6.34 Å². The van der Waals surface area contributed by atoms with Gasteiger partial charge in [0.2, 0.25) is 0 Å². The van der Waals surface area contributed by atoms with Crippen LogP contribution in [-0.2, 0) is 13.0 Å². The summed E-state index contributed by atoms with van der Waals surface area (Å²) in [6.07, 6.45) is 5.28. The predicted molar refractivity (Wildman–Crippen MR) is 115 cm³/mol. The summed E-state index contributed by atoms with van der Waals surface area (Å²) in [6, 6.07) is 15.6. The lowest BCUT2D eigenvalue weighted by molar-refractivity contribution is 0.203. The summed E-state index contributed by atoms with van der Waals surface area (Å²) in [7, 11) is 0.